The average molecular weight is 521 g/mol. The number of nitrogens with two attached hydrogens (primary N) is 1. The fraction of sp³-hybridized carbons (Fsp3) is 0.143. The summed E-state index contributed by atoms with van der Waals surface area (Å²) in [6.07, 6.45) is 2.11. The van der Waals surface area contributed by atoms with Crippen molar-refractivity contribution in [3.8, 4) is 34.4 Å². The van der Waals surface area contributed by atoms with Gasteiger partial charge in [-0.2, -0.15) is 4.98 Å². The lowest BCUT2D eigenvalue weighted by atomic mass is 10.1. The second-order valence-electron chi connectivity index (χ2n) is 9.01. The van der Waals surface area contributed by atoms with Crippen LogP contribution < -0.4 is 11.1 Å². The lowest BCUT2D eigenvalue weighted by Gasteiger charge is -2.09. The van der Waals surface area contributed by atoms with Crippen LogP contribution in [0, 0.1) is 0 Å². The molecule has 6 aromatic rings. The number of rotatable bonds is 8. The standard InChI is InChI=1S/C28H24N8O3/c1-2-6-17-11-13-18(14-12-17)28-32-26(35-38-28)19-7-5-8-20(15-19)30-23(37)16-36-22-10-4-3-9-21(22)31-27(36)24-25(29)34-39-33-24/h3-5,7-15H,2,6,16H2,1H3,(H2,29,34)(H,30,37). The normalized spacial score (nSPS) is 11.2. The van der Waals surface area contributed by atoms with E-state index in [4.69, 9.17) is 14.9 Å². The number of nitrogens with zero attached hydrogens (tertiary/aromatic N) is 6. The van der Waals surface area contributed by atoms with Crippen molar-refractivity contribution in [2.24, 2.45) is 0 Å². The second-order valence-corrected chi connectivity index (χ2v) is 9.01. The van der Waals surface area contributed by atoms with Crippen LogP contribution in [0.15, 0.2) is 81.9 Å². The quantitative estimate of drug-likeness (QED) is 0.283. The highest BCUT2D eigenvalue weighted by Gasteiger charge is 2.21. The molecule has 0 saturated heterocycles. The molecule has 3 aromatic heterocycles. The first-order valence-corrected chi connectivity index (χ1v) is 12.5. The molecule has 0 fully saturated rings. The zero-order valence-corrected chi connectivity index (χ0v) is 21.0. The number of amides is 1. The maximum atomic E-state index is 13.1. The lowest BCUT2D eigenvalue weighted by Crippen LogP contribution is -2.19. The summed E-state index contributed by atoms with van der Waals surface area (Å²) >= 11 is 0. The Kier molecular flexibility index (Phi) is 6.29. The van der Waals surface area contributed by atoms with Crippen LogP contribution in [0.25, 0.3) is 45.4 Å². The number of benzene rings is 3. The lowest BCUT2D eigenvalue weighted by molar-refractivity contribution is -0.116. The van der Waals surface area contributed by atoms with E-state index in [1.54, 1.807) is 16.7 Å². The van der Waals surface area contributed by atoms with Crippen molar-refractivity contribution in [1.82, 2.24) is 30.0 Å². The van der Waals surface area contributed by atoms with Crippen molar-refractivity contribution in [1.29, 1.82) is 0 Å². The van der Waals surface area contributed by atoms with Gasteiger partial charge in [0.05, 0.1) is 11.0 Å². The van der Waals surface area contributed by atoms with Crippen molar-refractivity contribution >= 4 is 28.4 Å². The first kappa shape index (κ1) is 24.0. The van der Waals surface area contributed by atoms with Gasteiger partial charge in [0.1, 0.15) is 6.54 Å². The van der Waals surface area contributed by atoms with Gasteiger partial charge >= 0.3 is 0 Å². The third-order valence-corrected chi connectivity index (χ3v) is 6.25. The van der Waals surface area contributed by atoms with Crippen molar-refractivity contribution < 1.29 is 13.9 Å². The number of hydrogen-bond acceptors (Lipinski definition) is 9. The van der Waals surface area contributed by atoms with Gasteiger partial charge < -0.3 is 20.1 Å². The van der Waals surface area contributed by atoms with Crippen LogP contribution in [0.4, 0.5) is 11.5 Å². The molecule has 0 radical (unpaired) electrons. The van der Waals surface area contributed by atoms with Gasteiger partial charge in [0.25, 0.3) is 5.89 Å². The molecule has 0 aliphatic carbocycles. The third-order valence-electron chi connectivity index (χ3n) is 6.25. The number of carbonyl (C=O) groups is 1. The van der Waals surface area contributed by atoms with Crippen LogP contribution >= 0.6 is 0 Å². The van der Waals surface area contributed by atoms with E-state index in [2.05, 4.69) is 49.8 Å². The minimum Gasteiger partial charge on any atom is -0.379 e. The Morgan fingerprint density at radius 2 is 1.79 bits per heavy atom. The van der Waals surface area contributed by atoms with Gasteiger partial charge in [-0.3, -0.25) is 4.79 Å². The summed E-state index contributed by atoms with van der Waals surface area (Å²) in [5, 5.41) is 14.6. The highest BCUT2D eigenvalue weighted by molar-refractivity contribution is 5.93. The fourth-order valence-corrected chi connectivity index (χ4v) is 4.41. The Morgan fingerprint density at radius 1 is 0.949 bits per heavy atom. The van der Waals surface area contributed by atoms with Crippen LogP contribution in [0.1, 0.15) is 18.9 Å². The molecular formula is C28H24N8O3. The molecule has 3 aromatic carbocycles. The van der Waals surface area contributed by atoms with Gasteiger partial charge in [-0.15, -0.1) is 0 Å². The van der Waals surface area contributed by atoms with E-state index in [1.807, 2.05) is 48.5 Å². The molecule has 11 nitrogen and oxygen atoms in total. The molecule has 0 unspecified atom stereocenters. The Labute approximate surface area is 222 Å². The summed E-state index contributed by atoms with van der Waals surface area (Å²) in [7, 11) is 0. The van der Waals surface area contributed by atoms with Gasteiger partial charge in [0.2, 0.25) is 11.7 Å². The molecule has 3 N–H and O–H groups in total. The molecule has 0 aliphatic rings. The number of imidazole rings is 1. The minimum atomic E-state index is -0.271. The van der Waals surface area contributed by atoms with Gasteiger partial charge in [0.15, 0.2) is 17.3 Å². The number of para-hydroxylation sites is 2. The van der Waals surface area contributed by atoms with Gasteiger partial charge in [0, 0.05) is 16.8 Å². The molecule has 3 heterocycles. The van der Waals surface area contributed by atoms with Gasteiger partial charge in [-0.1, -0.05) is 54.9 Å². The minimum absolute atomic E-state index is 0.0350. The van der Waals surface area contributed by atoms with Gasteiger partial charge in [-0.25, -0.2) is 9.61 Å². The van der Waals surface area contributed by atoms with Crippen molar-refractivity contribution in [2.45, 2.75) is 26.3 Å². The number of aryl methyl sites for hydroxylation is 1. The smallest absolute Gasteiger partial charge is 0.258 e. The van der Waals surface area contributed by atoms with E-state index in [1.165, 1.54) is 5.56 Å². The first-order chi connectivity index (χ1) is 19.1. The van der Waals surface area contributed by atoms with Crippen molar-refractivity contribution in [3.05, 3.63) is 78.4 Å². The number of nitrogens with one attached hydrogen (secondary N) is 1. The maximum Gasteiger partial charge on any atom is 0.258 e. The number of nitrogen functional groups attached to an aromatic ring is 1. The molecule has 0 spiro atoms. The van der Waals surface area contributed by atoms with E-state index in [0.29, 0.717) is 34.3 Å². The fourth-order valence-electron chi connectivity index (χ4n) is 4.41. The van der Waals surface area contributed by atoms with E-state index in [-0.39, 0.29) is 24.0 Å². The molecule has 0 aliphatic heterocycles. The van der Waals surface area contributed by atoms with E-state index < -0.39 is 0 Å². The molecular weight excluding hydrogens is 496 g/mol. The molecule has 1 amide bonds. The third kappa shape index (κ3) is 4.85. The summed E-state index contributed by atoms with van der Waals surface area (Å²) in [6, 6.07) is 22.8. The first-order valence-electron chi connectivity index (χ1n) is 12.5. The van der Waals surface area contributed by atoms with E-state index in [9.17, 15) is 4.79 Å². The van der Waals surface area contributed by atoms with Crippen molar-refractivity contribution in [3.63, 3.8) is 0 Å². The molecule has 0 atom stereocenters. The zero-order valence-electron chi connectivity index (χ0n) is 21.0. The van der Waals surface area contributed by atoms with Gasteiger partial charge in [-0.05, 0) is 58.7 Å². The summed E-state index contributed by atoms with van der Waals surface area (Å²) < 4.78 is 12.0. The van der Waals surface area contributed by atoms with Crippen LogP contribution in [-0.4, -0.2) is 35.9 Å². The van der Waals surface area contributed by atoms with Crippen molar-refractivity contribution in [2.75, 3.05) is 11.1 Å². The predicted octanol–water partition coefficient (Wildman–Crippen LogP) is 4.98. The molecule has 194 valence electrons. The molecule has 0 saturated carbocycles. The highest BCUT2D eigenvalue weighted by atomic mass is 16.6. The number of hydrogen-bond donors (Lipinski definition) is 2. The Hall–Kier alpha value is -5.32. The SMILES string of the molecule is CCCc1ccc(-c2nc(-c3cccc(NC(=O)Cn4c(-c5nonc5N)nc5ccccc54)c3)no2)cc1. The second kappa shape index (κ2) is 10.2. The zero-order chi connectivity index (χ0) is 26.8. The Balaban J connectivity index is 1.22. The monoisotopic (exact) mass is 520 g/mol. The van der Waals surface area contributed by atoms with Crippen LogP contribution in [0.3, 0.4) is 0 Å². The van der Waals surface area contributed by atoms with Crippen LogP contribution in [0.5, 0.6) is 0 Å². The molecule has 6 rings (SSSR count). The molecule has 39 heavy (non-hydrogen) atoms. The Morgan fingerprint density at radius 3 is 2.59 bits per heavy atom. The predicted molar refractivity (Wildman–Crippen MR) is 145 cm³/mol. The van der Waals surface area contributed by atoms with Crippen LogP contribution in [-0.2, 0) is 17.8 Å². The van der Waals surface area contributed by atoms with E-state index >= 15 is 0 Å². The largest absolute Gasteiger partial charge is 0.379 e. The molecule has 0 bridgehead atoms. The number of carbonyl (C=O) groups excluding carboxylic acids is 1. The maximum absolute atomic E-state index is 13.1. The summed E-state index contributed by atoms with van der Waals surface area (Å²) in [5.74, 6) is 1.07. The summed E-state index contributed by atoms with van der Waals surface area (Å²) in [6.45, 7) is 2.12. The highest BCUT2D eigenvalue weighted by Crippen LogP contribution is 2.27. The topological polar surface area (TPSA) is 151 Å². The van der Waals surface area contributed by atoms with E-state index in [0.717, 1.165) is 23.9 Å². The molecule has 11 heteroatoms. The summed E-state index contributed by atoms with van der Waals surface area (Å²) in [5.41, 5.74) is 11.0. The number of fused-ring (bicyclic) bond motifs is 1. The average Bonchev–Trinajstić information content (AvgIpc) is 3.69. The number of anilines is 2. The Bertz CT molecular complexity index is 1770. The van der Waals surface area contributed by atoms with Crippen LogP contribution in [0.2, 0.25) is 0 Å². The summed E-state index contributed by atoms with van der Waals surface area (Å²) in [4.78, 5) is 22.3. The number of aromatic nitrogens is 6.